The Morgan fingerprint density at radius 3 is 2.24 bits per heavy atom. The summed E-state index contributed by atoms with van der Waals surface area (Å²) >= 11 is 0. The number of pyridine rings is 1. The van der Waals surface area contributed by atoms with Crippen LogP contribution in [0.5, 0.6) is 0 Å². The Hall–Kier alpha value is -3.65. The van der Waals surface area contributed by atoms with Crippen LogP contribution < -0.4 is 4.57 Å². The molecule has 138 valence electrons. The quantitative estimate of drug-likeness (QED) is 0.293. The van der Waals surface area contributed by atoms with Crippen molar-refractivity contribution in [3.8, 4) is 11.3 Å². The van der Waals surface area contributed by atoms with Gasteiger partial charge in [-0.15, -0.1) is 0 Å². The second-order valence-electron chi connectivity index (χ2n) is 7.74. The van der Waals surface area contributed by atoms with E-state index in [1.165, 1.54) is 49.1 Å². The molecule has 2 heteroatoms. The molecule has 4 aromatic carbocycles. The molecule has 0 saturated heterocycles. The zero-order valence-corrected chi connectivity index (χ0v) is 16.4. The summed E-state index contributed by atoms with van der Waals surface area (Å²) in [5.74, 6) is 0. The maximum atomic E-state index is 6.40. The van der Waals surface area contributed by atoms with Gasteiger partial charge in [-0.25, -0.2) is 4.57 Å². The highest BCUT2D eigenvalue weighted by Gasteiger charge is 2.21. The van der Waals surface area contributed by atoms with Crippen molar-refractivity contribution in [2.45, 2.75) is 6.92 Å². The van der Waals surface area contributed by atoms with Gasteiger partial charge in [0.2, 0.25) is 5.69 Å². The Morgan fingerprint density at radius 1 is 0.690 bits per heavy atom. The molecule has 0 aliphatic heterocycles. The molecule has 0 aliphatic carbocycles. The van der Waals surface area contributed by atoms with Gasteiger partial charge in [0.25, 0.3) is 0 Å². The van der Waals surface area contributed by atoms with Gasteiger partial charge < -0.3 is 4.42 Å². The number of nitrogens with zero attached hydrogens (tertiary/aromatic N) is 1. The van der Waals surface area contributed by atoms with Crippen LogP contribution in [0, 0.1) is 6.92 Å². The lowest BCUT2D eigenvalue weighted by atomic mass is 9.96. The van der Waals surface area contributed by atoms with E-state index >= 15 is 0 Å². The van der Waals surface area contributed by atoms with Crippen molar-refractivity contribution < 1.29 is 8.98 Å². The van der Waals surface area contributed by atoms with Crippen molar-refractivity contribution in [3.05, 3.63) is 90.6 Å². The van der Waals surface area contributed by atoms with E-state index in [0.29, 0.717) is 0 Å². The van der Waals surface area contributed by atoms with Crippen LogP contribution in [0.15, 0.2) is 89.5 Å². The summed E-state index contributed by atoms with van der Waals surface area (Å²) in [5.41, 5.74) is 5.52. The van der Waals surface area contributed by atoms with Gasteiger partial charge in [0.15, 0.2) is 6.20 Å². The van der Waals surface area contributed by atoms with Gasteiger partial charge in [-0.1, -0.05) is 48.5 Å². The molecular weight excluding hydrogens is 354 g/mol. The highest BCUT2D eigenvalue weighted by molar-refractivity contribution is 6.19. The van der Waals surface area contributed by atoms with Crippen LogP contribution in [0.4, 0.5) is 0 Å². The van der Waals surface area contributed by atoms with Gasteiger partial charge in [-0.2, -0.15) is 0 Å². The molecule has 0 radical (unpaired) electrons. The van der Waals surface area contributed by atoms with Crippen molar-refractivity contribution in [2.24, 2.45) is 7.05 Å². The molecule has 2 heterocycles. The minimum Gasteiger partial charge on any atom is -0.456 e. The summed E-state index contributed by atoms with van der Waals surface area (Å²) < 4.78 is 8.60. The topological polar surface area (TPSA) is 17.0 Å². The van der Waals surface area contributed by atoms with Crippen molar-refractivity contribution in [3.63, 3.8) is 0 Å². The van der Waals surface area contributed by atoms with Gasteiger partial charge in [-0.3, -0.25) is 0 Å². The van der Waals surface area contributed by atoms with E-state index in [9.17, 15) is 0 Å². The summed E-state index contributed by atoms with van der Waals surface area (Å²) in [6, 6.07) is 27.9. The first-order chi connectivity index (χ1) is 14.2. The van der Waals surface area contributed by atoms with Crippen LogP contribution in [-0.2, 0) is 7.05 Å². The van der Waals surface area contributed by atoms with Crippen LogP contribution in [0.1, 0.15) is 5.56 Å². The molecule has 0 saturated carbocycles. The highest BCUT2D eigenvalue weighted by atomic mass is 16.3. The number of furan rings is 1. The van der Waals surface area contributed by atoms with Crippen molar-refractivity contribution >= 4 is 43.5 Å². The van der Waals surface area contributed by atoms with Gasteiger partial charge in [0.05, 0.1) is 10.9 Å². The number of hydrogen-bond acceptors (Lipinski definition) is 1. The van der Waals surface area contributed by atoms with E-state index in [2.05, 4.69) is 104 Å². The van der Waals surface area contributed by atoms with E-state index < -0.39 is 0 Å². The molecule has 0 bridgehead atoms. The third kappa shape index (κ3) is 2.26. The maximum Gasteiger partial charge on any atom is 0.220 e. The Labute approximate surface area is 168 Å². The van der Waals surface area contributed by atoms with Crippen molar-refractivity contribution in [2.75, 3.05) is 0 Å². The van der Waals surface area contributed by atoms with Crippen LogP contribution in [0.3, 0.4) is 0 Å². The summed E-state index contributed by atoms with van der Waals surface area (Å²) in [6.45, 7) is 2.17. The second kappa shape index (κ2) is 5.92. The molecule has 0 atom stereocenters. The number of aryl methyl sites for hydroxylation is 2. The van der Waals surface area contributed by atoms with E-state index in [4.69, 9.17) is 4.42 Å². The van der Waals surface area contributed by atoms with E-state index in [1.54, 1.807) is 0 Å². The first kappa shape index (κ1) is 16.3. The van der Waals surface area contributed by atoms with Crippen LogP contribution in [0.25, 0.3) is 54.7 Å². The van der Waals surface area contributed by atoms with Gasteiger partial charge in [0.1, 0.15) is 18.2 Å². The summed E-state index contributed by atoms with van der Waals surface area (Å²) in [5, 5.41) is 7.37. The normalized spacial score (nSPS) is 11.8. The predicted octanol–water partition coefficient (Wildman–Crippen LogP) is 6.69. The molecule has 0 fully saturated rings. The predicted molar refractivity (Wildman–Crippen MR) is 120 cm³/mol. The van der Waals surface area contributed by atoms with Gasteiger partial charge in [-0.05, 0) is 47.3 Å². The van der Waals surface area contributed by atoms with E-state index in [1.807, 2.05) is 0 Å². The van der Waals surface area contributed by atoms with Gasteiger partial charge in [0, 0.05) is 22.4 Å². The molecule has 0 spiro atoms. The van der Waals surface area contributed by atoms with Crippen molar-refractivity contribution in [1.82, 2.24) is 0 Å². The largest absolute Gasteiger partial charge is 0.456 e. The zero-order chi connectivity index (χ0) is 19.5. The monoisotopic (exact) mass is 374 g/mol. The number of hydrogen-bond donors (Lipinski definition) is 0. The fraction of sp³-hybridized carbons (Fsp3) is 0.0741. The lowest BCUT2D eigenvalue weighted by Crippen LogP contribution is -2.30. The molecular formula is C27H20NO+. The van der Waals surface area contributed by atoms with Crippen LogP contribution in [-0.4, -0.2) is 0 Å². The highest BCUT2D eigenvalue weighted by Crippen LogP contribution is 2.39. The summed E-state index contributed by atoms with van der Waals surface area (Å²) in [4.78, 5) is 0. The van der Waals surface area contributed by atoms with Gasteiger partial charge >= 0.3 is 0 Å². The molecule has 0 unspecified atom stereocenters. The lowest BCUT2D eigenvalue weighted by molar-refractivity contribution is -0.659. The minimum absolute atomic E-state index is 0.946. The zero-order valence-electron chi connectivity index (χ0n) is 16.4. The fourth-order valence-electron chi connectivity index (χ4n) is 4.65. The smallest absolute Gasteiger partial charge is 0.220 e. The first-order valence-corrected chi connectivity index (χ1v) is 9.94. The standard InChI is InChI=1S/C27H20NO/c1-17-20(26-22-10-6-4-8-19(22)15-16-28(26)2)12-13-23-25-21-9-5-3-7-18(21)11-14-24(25)29-27(17)23/h3-16H,1-2H3/q+1. The average molecular weight is 374 g/mol. The lowest BCUT2D eigenvalue weighted by Gasteiger charge is -2.08. The Bertz CT molecular complexity index is 1570. The minimum atomic E-state index is 0.946. The average Bonchev–Trinajstić information content (AvgIpc) is 3.15. The molecule has 29 heavy (non-hydrogen) atoms. The molecule has 0 aliphatic rings. The second-order valence-corrected chi connectivity index (χ2v) is 7.74. The third-order valence-corrected chi connectivity index (χ3v) is 6.08. The van der Waals surface area contributed by atoms with Crippen LogP contribution in [0.2, 0.25) is 0 Å². The number of rotatable bonds is 1. The summed E-state index contributed by atoms with van der Waals surface area (Å²) in [7, 11) is 2.11. The number of benzene rings is 4. The van der Waals surface area contributed by atoms with E-state index in [-0.39, 0.29) is 0 Å². The van der Waals surface area contributed by atoms with E-state index in [0.717, 1.165) is 11.2 Å². The molecule has 6 rings (SSSR count). The number of aromatic nitrogens is 1. The molecule has 0 amide bonds. The first-order valence-electron chi connectivity index (χ1n) is 9.94. The fourth-order valence-corrected chi connectivity index (χ4v) is 4.65. The Morgan fingerprint density at radius 2 is 1.41 bits per heavy atom. The molecule has 2 nitrogen and oxygen atoms in total. The maximum absolute atomic E-state index is 6.40. The number of fused-ring (bicyclic) bond motifs is 6. The van der Waals surface area contributed by atoms with Crippen molar-refractivity contribution in [1.29, 1.82) is 0 Å². The molecule has 6 aromatic rings. The third-order valence-electron chi connectivity index (χ3n) is 6.08. The Kier molecular flexibility index (Phi) is 3.33. The molecule has 0 N–H and O–H groups in total. The Balaban J connectivity index is 1.73. The summed E-state index contributed by atoms with van der Waals surface area (Å²) in [6.07, 6.45) is 2.13. The SMILES string of the molecule is Cc1c(-c2c3ccccc3cc[n+]2C)ccc2c1oc1ccc3ccccc3c12. The molecule has 2 aromatic heterocycles. The van der Waals surface area contributed by atoms with Crippen LogP contribution >= 0.6 is 0 Å².